The number of piperidine rings is 1. The van der Waals surface area contributed by atoms with Gasteiger partial charge in [0.25, 0.3) is 0 Å². The minimum atomic E-state index is -0.291. The van der Waals surface area contributed by atoms with E-state index < -0.39 is 0 Å². The summed E-state index contributed by atoms with van der Waals surface area (Å²) in [6, 6.07) is 19.2. The van der Waals surface area contributed by atoms with Gasteiger partial charge in [0.2, 0.25) is 5.91 Å². The van der Waals surface area contributed by atoms with Crippen LogP contribution in [0.5, 0.6) is 0 Å². The SMILES string of the molecule is CCNC(=O)C1(Cc2ccccc2-c2ccccc2)CCN(CC2CC2)CC1. The topological polar surface area (TPSA) is 32.3 Å². The van der Waals surface area contributed by atoms with Crippen molar-refractivity contribution in [3.05, 3.63) is 60.2 Å². The van der Waals surface area contributed by atoms with Crippen molar-refractivity contribution in [3.63, 3.8) is 0 Å². The van der Waals surface area contributed by atoms with Crippen LogP contribution in [0.1, 0.15) is 38.2 Å². The number of amides is 1. The molecule has 0 aromatic heterocycles. The van der Waals surface area contributed by atoms with E-state index in [1.54, 1.807) is 0 Å². The number of rotatable bonds is 7. The highest BCUT2D eigenvalue weighted by atomic mass is 16.2. The zero-order valence-corrected chi connectivity index (χ0v) is 17.0. The number of hydrogen-bond acceptors (Lipinski definition) is 2. The zero-order valence-electron chi connectivity index (χ0n) is 17.0. The maximum absolute atomic E-state index is 13.2. The summed E-state index contributed by atoms with van der Waals surface area (Å²) in [5.74, 6) is 1.15. The van der Waals surface area contributed by atoms with Gasteiger partial charge in [0.15, 0.2) is 0 Å². The Balaban J connectivity index is 1.58. The van der Waals surface area contributed by atoms with Gasteiger partial charge < -0.3 is 10.2 Å². The van der Waals surface area contributed by atoms with Crippen LogP contribution in [-0.4, -0.2) is 37.0 Å². The highest BCUT2D eigenvalue weighted by molar-refractivity contribution is 5.83. The van der Waals surface area contributed by atoms with Crippen LogP contribution >= 0.6 is 0 Å². The second kappa shape index (κ2) is 8.48. The van der Waals surface area contributed by atoms with Crippen LogP contribution in [0.25, 0.3) is 11.1 Å². The maximum atomic E-state index is 13.2. The third kappa shape index (κ3) is 4.30. The van der Waals surface area contributed by atoms with Gasteiger partial charge in [-0.3, -0.25) is 4.79 Å². The quantitative estimate of drug-likeness (QED) is 0.770. The molecule has 1 amide bonds. The summed E-state index contributed by atoms with van der Waals surface area (Å²) in [5, 5.41) is 3.15. The average Bonchev–Trinajstić information content (AvgIpc) is 3.55. The normalized spacial score (nSPS) is 19.3. The summed E-state index contributed by atoms with van der Waals surface area (Å²) in [6.07, 6.45) is 5.51. The molecule has 1 aliphatic heterocycles. The van der Waals surface area contributed by atoms with Gasteiger partial charge in [0.1, 0.15) is 0 Å². The van der Waals surface area contributed by atoms with Crippen LogP contribution in [0.4, 0.5) is 0 Å². The number of nitrogens with one attached hydrogen (secondary N) is 1. The van der Waals surface area contributed by atoms with Crippen molar-refractivity contribution in [1.29, 1.82) is 0 Å². The molecule has 3 nitrogen and oxygen atoms in total. The molecule has 4 rings (SSSR count). The van der Waals surface area contributed by atoms with E-state index in [9.17, 15) is 4.79 Å². The molecule has 1 saturated heterocycles. The summed E-state index contributed by atoms with van der Waals surface area (Å²) in [7, 11) is 0. The molecule has 1 heterocycles. The number of nitrogens with zero attached hydrogens (tertiary/aromatic N) is 1. The predicted octanol–water partition coefficient (Wildman–Crippen LogP) is 4.52. The van der Waals surface area contributed by atoms with E-state index in [1.165, 1.54) is 36.1 Å². The van der Waals surface area contributed by atoms with Gasteiger partial charge in [0.05, 0.1) is 5.41 Å². The van der Waals surface area contributed by atoms with Crippen LogP contribution in [0.2, 0.25) is 0 Å². The second-order valence-electron chi connectivity index (χ2n) is 8.58. The minimum absolute atomic E-state index is 0.240. The van der Waals surface area contributed by atoms with E-state index in [2.05, 4.69) is 64.8 Å². The molecular formula is C25H32N2O. The number of carbonyl (C=O) groups excluding carboxylic acids is 1. The highest BCUT2D eigenvalue weighted by Crippen LogP contribution is 2.39. The first kappa shape index (κ1) is 19.2. The first-order valence-electron chi connectivity index (χ1n) is 10.8. The van der Waals surface area contributed by atoms with Crippen molar-refractivity contribution in [2.45, 2.75) is 39.0 Å². The zero-order chi connectivity index (χ0) is 19.4. The van der Waals surface area contributed by atoms with Gasteiger partial charge >= 0.3 is 0 Å². The molecule has 2 aliphatic rings. The molecule has 1 N–H and O–H groups in total. The van der Waals surface area contributed by atoms with Gasteiger partial charge in [-0.15, -0.1) is 0 Å². The molecule has 0 bridgehead atoms. The van der Waals surface area contributed by atoms with E-state index in [-0.39, 0.29) is 11.3 Å². The molecular weight excluding hydrogens is 344 g/mol. The Kier molecular flexibility index (Phi) is 5.82. The molecule has 3 heteroatoms. The Bertz CT molecular complexity index is 789. The highest BCUT2D eigenvalue weighted by Gasteiger charge is 2.42. The average molecular weight is 377 g/mol. The first-order chi connectivity index (χ1) is 13.7. The molecule has 2 aromatic carbocycles. The predicted molar refractivity (Wildman–Crippen MR) is 115 cm³/mol. The lowest BCUT2D eigenvalue weighted by atomic mass is 9.72. The summed E-state index contributed by atoms with van der Waals surface area (Å²) in [5.41, 5.74) is 3.49. The lowest BCUT2D eigenvalue weighted by Crippen LogP contribution is -2.50. The van der Waals surface area contributed by atoms with Gasteiger partial charge in [-0.05, 0) is 74.7 Å². The van der Waals surface area contributed by atoms with Crippen LogP contribution in [-0.2, 0) is 11.2 Å². The van der Waals surface area contributed by atoms with Crippen molar-refractivity contribution >= 4 is 5.91 Å². The van der Waals surface area contributed by atoms with Gasteiger partial charge in [-0.25, -0.2) is 0 Å². The van der Waals surface area contributed by atoms with Gasteiger partial charge in [-0.1, -0.05) is 54.6 Å². The van der Waals surface area contributed by atoms with E-state index in [1.807, 2.05) is 6.92 Å². The van der Waals surface area contributed by atoms with Crippen molar-refractivity contribution < 1.29 is 4.79 Å². The fourth-order valence-corrected chi connectivity index (χ4v) is 4.60. The summed E-state index contributed by atoms with van der Waals surface area (Å²) in [4.78, 5) is 15.8. The van der Waals surface area contributed by atoms with E-state index in [0.717, 1.165) is 38.3 Å². The molecule has 0 atom stereocenters. The maximum Gasteiger partial charge on any atom is 0.226 e. The van der Waals surface area contributed by atoms with Crippen LogP contribution < -0.4 is 5.32 Å². The number of carbonyl (C=O) groups is 1. The van der Waals surface area contributed by atoms with Crippen molar-refractivity contribution in [2.24, 2.45) is 11.3 Å². The Labute approximate surface area is 169 Å². The largest absolute Gasteiger partial charge is 0.356 e. The molecule has 1 aliphatic carbocycles. The lowest BCUT2D eigenvalue weighted by molar-refractivity contribution is -0.133. The summed E-state index contributed by atoms with van der Waals surface area (Å²) < 4.78 is 0. The minimum Gasteiger partial charge on any atom is -0.356 e. The Morgan fingerprint density at radius 1 is 1.04 bits per heavy atom. The van der Waals surface area contributed by atoms with E-state index in [0.29, 0.717) is 6.54 Å². The van der Waals surface area contributed by atoms with Crippen molar-refractivity contribution in [1.82, 2.24) is 10.2 Å². The molecule has 2 fully saturated rings. The molecule has 0 spiro atoms. The molecule has 28 heavy (non-hydrogen) atoms. The second-order valence-corrected chi connectivity index (χ2v) is 8.58. The summed E-state index contributed by atoms with van der Waals surface area (Å²) >= 11 is 0. The van der Waals surface area contributed by atoms with Crippen LogP contribution in [0.3, 0.4) is 0 Å². The smallest absolute Gasteiger partial charge is 0.226 e. The molecule has 0 radical (unpaired) electrons. The molecule has 1 saturated carbocycles. The van der Waals surface area contributed by atoms with Gasteiger partial charge in [-0.2, -0.15) is 0 Å². The molecule has 2 aromatic rings. The standard InChI is InChI=1S/C25H32N2O/c1-2-26-24(28)25(14-16-27(17-15-25)19-20-12-13-20)18-22-10-6-7-11-23(22)21-8-4-3-5-9-21/h3-11,20H,2,12-19H2,1H3,(H,26,28). The Morgan fingerprint density at radius 3 is 2.39 bits per heavy atom. The van der Waals surface area contributed by atoms with Gasteiger partial charge in [0, 0.05) is 13.1 Å². The van der Waals surface area contributed by atoms with Crippen LogP contribution in [0.15, 0.2) is 54.6 Å². The Morgan fingerprint density at radius 2 is 1.71 bits per heavy atom. The molecule has 0 unspecified atom stereocenters. The van der Waals surface area contributed by atoms with E-state index in [4.69, 9.17) is 0 Å². The molecule has 148 valence electrons. The van der Waals surface area contributed by atoms with E-state index >= 15 is 0 Å². The third-order valence-corrected chi connectivity index (χ3v) is 6.48. The number of likely N-dealkylation sites (tertiary alicyclic amines) is 1. The third-order valence-electron chi connectivity index (χ3n) is 6.48. The van der Waals surface area contributed by atoms with Crippen LogP contribution in [0, 0.1) is 11.3 Å². The summed E-state index contributed by atoms with van der Waals surface area (Å²) in [6.45, 7) is 6.03. The number of hydrogen-bond donors (Lipinski definition) is 1. The fraction of sp³-hybridized carbons (Fsp3) is 0.480. The monoisotopic (exact) mass is 376 g/mol. The Hall–Kier alpha value is -2.13. The van der Waals surface area contributed by atoms with Crippen molar-refractivity contribution in [2.75, 3.05) is 26.2 Å². The fourth-order valence-electron chi connectivity index (χ4n) is 4.60. The lowest BCUT2D eigenvalue weighted by Gasteiger charge is -2.41. The first-order valence-corrected chi connectivity index (χ1v) is 10.8. The number of benzene rings is 2. The van der Waals surface area contributed by atoms with Crippen molar-refractivity contribution in [3.8, 4) is 11.1 Å².